The van der Waals surface area contributed by atoms with Crippen LogP contribution in [-0.2, 0) is 20.9 Å². The van der Waals surface area contributed by atoms with Gasteiger partial charge in [0.1, 0.15) is 6.61 Å². The van der Waals surface area contributed by atoms with Crippen molar-refractivity contribution < 1.29 is 14.3 Å². The average molecular weight is 359 g/mol. The number of benzene rings is 1. The Balaban J connectivity index is 1.48. The number of hydrogen-bond donors (Lipinski definition) is 1. The summed E-state index contributed by atoms with van der Waals surface area (Å²) in [5.74, 6) is 0.696. The SMILES string of the molecule is CNCCN1C(=O)CC[C@H]2CN(C(=O)COCc3ccccc3)CC[C@H]21. The monoisotopic (exact) mass is 359 g/mol. The van der Waals surface area contributed by atoms with Crippen LogP contribution in [0.5, 0.6) is 0 Å². The Morgan fingerprint density at radius 3 is 2.85 bits per heavy atom. The maximum atomic E-state index is 12.5. The molecule has 2 aliphatic rings. The van der Waals surface area contributed by atoms with E-state index in [0.717, 1.165) is 38.0 Å². The molecule has 0 aromatic heterocycles. The van der Waals surface area contributed by atoms with Crippen LogP contribution >= 0.6 is 0 Å². The first-order valence-corrected chi connectivity index (χ1v) is 9.52. The zero-order valence-electron chi connectivity index (χ0n) is 15.5. The fourth-order valence-corrected chi connectivity index (χ4v) is 4.02. The van der Waals surface area contributed by atoms with Gasteiger partial charge in [0.15, 0.2) is 0 Å². The summed E-state index contributed by atoms with van der Waals surface area (Å²) in [4.78, 5) is 28.7. The molecule has 2 saturated heterocycles. The molecule has 1 aromatic rings. The highest BCUT2D eigenvalue weighted by Crippen LogP contribution is 2.31. The molecule has 142 valence electrons. The topological polar surface area (TPSA) is 61.9 Å². The Morgan fingerprint density at radius 1 is 1.27 bits per heavy atom. The van der Waals surface area contributed by atoms with Crippen LogP contribution in [0.15, 0.2) is 30.3 Å². The molecule has 0 saturated carbocycles. The van der Waals surface area contributed by atoms with Crippen LogP contribution in [0.3, 0.4) is 0 Å². The molecule has 0 unspecified atom stereocenters. The van der Waals surface area contributed by atoms with Crippen molar-refractivity contribution in [1.82, 2.24) is 15.1 Å². The number of carbonyl (C=O) groups is 2. The van der Waals surface area contributed by atoms with Crippen molar-refractivity contribution in [1.29, 1.82) is 0 Å². The van der Waals surface area contributed by atoms with Gasteiger partial charge in [0, 0.05) is 38.6 Å². The van der Waals surface area contributed by atoms with Gasteiger partial charge in [0.05, 0.1) is 6.61 Å². The maximum Gasteiger partial charge on any atom is 0.248 e. The molecule has 6 heteroatoms. The van der Waals surface area contributed by atoms with Crippen LogP contribution in [0, 0.1) is 5.92 Å². The first-order valence-electron chi connectivity index (χ1n) is 9.52. The van der Waals surface area contributed by atoms with Crippen molar-refractivity contribution in [2.45, 2.75) is 31.9 Å². The number of likely N-dealkylation sites (N-methyl/N-ethyl adjacent to an activating group) is 1. The van der Waals surface area contributed by atoms with Crippen molar-refractivity contribution in [2.24, 2.45) is 5.92 Å². The predicted molar refractivity (Wildman–Crippen MR) is 99.4 cm³/mol. The van der Waals surface area contributed by atoms with Crippen LogP contribution in [0.2, 0.25) is 0 Å². The minimum absolute atomic E-state index is 0.0538. The summed E-state index contributed by atoms with van der Waals surface area (Å²) in [5.41, 5.74) is 1.07. The van der Waals surface area contributed by atoms with Crippen LogP contribution in [-0.4, -0.2) is 67.5 Å². The molecule has 0 aliphatic carbocycles. The van der Waals surface area contributed by atoms with Crippen LogP contribution in [0.1, 0.15) is 24.8 Å². The summed E-state index contributed by atoms with van der Waals surface area (Å²) in [6.45, 7) is 3.59. The zero-order chi connectivity index (χ0) is 18.4. The summed E-state index contributed by atoms with van der Waals surface area (Å²) in [7, 11) is 1.91. The molecular weight excluding hydrogens is 330 g/mol. The van der Waals surface area contributed by atoms with Crippen molar-refractivity contribution in [3.8, 4) is 0 Å². The van der Waals surface area contributed by atoms with E-state index in [4.69, 9.17) is 4.74 Å². The Kier molecular flexibility index (Phi) is 6.63. The minimum atomic E-state index is 0.0538. The van der Waals surface area contributed by atoms with E-state index in [1.54, 1.807) is 0 Å². The van der Waals surface area contributed by atoms with E-state index in [-0.39, 0.29) is 24.5 Å². The van der Waals surface area contributed by atoms with Gasteiger partial charge < -0.3 is 19.9 Å². The second-order valence-electron chi connectivity index (χ2n) is 7.16. The van der Waals surface area contributed by atoms with Gasteiger partial charge in [-0.05, 0) is 31.4 Å². The lowest BCUT2D eigenvalue weighted by Gasteiger charge is -2.47. The molecule has 2 aliphatic heterocycles. The van der Waals surface area contributed by atoms with Gasteiger partial charge in [-0.25, -0.2) is 0 Å². The summed E-state index contributed by atoms with van der Waals surface area (Å²) in [5, 5.41) is 3.12. The van der Waals surface area contributed by atoms with Gasteiger partial charge in [-0.2, -0.15) is 0 Å². The maximum absolute atomic E-state index is 12.5. The number of amides is 2. The van der Waals surface area contributed by atoms with Gasteiger partial charge in [0.2, 0.25) is 11.8 Å². The Hall–Kier alpha value is -1.92. The molecule has 26 heavy (non-hydrogen) atoms. The molecule has 0 bridgehead atoms. The standard InChI is InChI=1S/C20H29N3O3/c1-21-10-12-23-18-9-11-22(13-17(18)7-8-19(23)24)20(25)15-26-14-16-5-3-2-4-6-16/h2-6,17-18,21H,7-15H2,1H3/t17-,18+/m0/s1. The number of ether oxygens (including phenoxy) is 1. The van der Waals surface area contributed by atoms with Gasteiger partial charge >= 0.3 is 0 Å². The van der Waals surface area contributed by atoms with Crippen molar-refractivity contribution >= 4 is 11.8 Å². The summed E-state index contributed by atoms with van der Waals surface area (Å²) < 4.78 is 5.60. The highest BCUT2D eigenvalue weighted by Gasteiger charge is 2.39. The zero-order valence-corrected chi connectivity index (χ0v) is 15.5. The highest BCUT2D eigenvalue weighted by atomic mass is 16.5. The Morgan fingerprint density at radius 2 is 2.08 bits per heavy atom. The average Bonchev–Trinajstić information content (AvgIpc) is 2.67. The predicted octanol–water partition coefficient (Wildman–Crippen LogP) is 1.26. The van der Waals surface area contributed by atoms with Crippen molar-refractivity contribution in [3.05, 3.63) is 35.9 Å². The smallest absolute Gasteiger partial charge is 0.248 e. The molecular formula is C20H29N3O3. The molecule has 2 heterocycles. The van der Waals surface area contributed by atoms with Crippen LogP contribution < -0.4 is 5.32 Å². The second-order valence-corrected chi connectivity index (χ2v) is 7.16. The fourth-order valence-electron chi connectivity index (χ4n) is 4.02. The summed E-state index contributed by atoms with van der Waals surface area (Å²) in [6, 6.07) is 10.2. The molecule has 2 amide bonds. The molecule has 2 atom stereocenters. The molecule has 6 nitrogen and oxygen atoms in total. The van der Waals surface area contributed by atoms with E-state index in [0.29, 0.717) is 25.5 Å². The highest BCUT2D eigenvalue weighted by molar-refractivity contribution is 5.79. The van der Waals surface area contributed by atoms with E-state index < -0.39 is 0 Å². The summed E-state index contributed by atoms with van der Waals surface area (Å²) >= 11 is 0. The lowest BCUT2D eigenvalue weighted by Crippen LogP contribution is -2.58. The van der Waals surface area contributed by atoms with E-state index in [1.807, 2.05) is 47.2 Å². The van der Waals surface area contributed by atoms with E-state index >= 15 is 0 Å². The molecule has 0 radical (unpaired) electrons. The van der Waals surface area contributed by atoms with E-state index in [9.17, 15) is 9.59 Å². The number of likely N-dealkylation sites (tertiary alicyclic amines) is 2. The van der Waals surface area contributed by atoms with Gasteiger partial charge in [0.25, 0.3) is 0 Å². The lowest BCUT2D eigenvalue weighted by molar-refractivity contribution is -0.146. The van der Waals surface area contributed by atoms with Gasteiger partial charge in [-0.15, -0.1) is 0 Å². The normalized spacial score (nSPS) is 23.0. The van der Waals surface area contributed by atoms with Crippen LogP contribution in [0.4, 0.5) is 0 Å². The Bertz CT molecular complexity index is 608. The van der Waals surface area contributed by atoms with E-state index in [1.165, 1.54) is 0 Å². The third-order valence-corrected chi connectivity index (χ3v) is 5.44. The quantitative estimate of drug-likeness (QED) is 0.796. The number of hydrogen-bond acceptors (Lipinski definition) is 4. The van der Waals surface area contributed by atoms with Crippen LogP contribution in [0.25, 0.3) is 0 Å². The second kappa shape index (κ2) is 9.14. The molecule has 1 aromatic carbocycles. The van der Waals surface area contributed by atoms with E-state index in [2.05, 4.69) is 5.32 Å². The molecule has 1 N–H and O–H groups in total. The number of piperidine rings is 2. The number of nitrogens with one attached hydrogen (secondary N) is 1. The first kappa shape index (κ1) is 18.9. The van der Waals surface area contributed by atoms with Gasteiger partial charge in [-0.1, -0.05) is 30.3 Å². The number of nitrogens with zero attached hydrogens (tertiary/aromatic N) is 2. The number of fused-ring (bicyclic) bond motifs is 1. The fraction of sp³-hybridized carbons (Fsp3) is 0.600. The number of carbonyl (C=O) groups excluding carboxylic acids is 2. The molecule has 2 fully saturated rings. The minimum Gasteiger partial charge on any atom is -0.367 e. The van der Waals surface area contributed by atoms with Crippen molar-refractivity contribution in [3.63, 3.8) is 0 Å². The Labute approximate surface area is 155 Å². The molecule has 3 rings (SSSR count). The number of rotatable bonds is 7. The summed E-state index contributed by atoms with van der Waals surface area (Å²) in [6.07, 6.45) is 2.34. The van der Waals surface area contributed by atoms with Gasteiger partial charge in [-0.3, -0.25) is 9.59 Å². The third-order valence-electron chi connectivity index (χ3n) is 5.44. The lowest BCUT2D eigenvalue weighted by atomic mass is 9.83. The molecule has 0 spiro atoms. The third kappa shape index (κ3) is 4.62. The van der Waals surface area contributed by atoms with Crippen molar-refractivity contribution in [2.75, 3.05) is 39.8 Å². The largest absolute Gasteiger partial charge is 0.367 e. The first-order chi connectivity index (χ1) is 12.7.